The monoisotopic (exact) mass is 394 g/mol. The lowest BCUT2D eigenvalue weighted by Gasteiger charge is -2.19. The van der Waals surface area contributed by atoms with Crippen LogP contribution in [-0.4, -0.2) is 20.4 Å². The summed E-state index contributed by atoms with van der Waals surface area (Å²) in [6.07, 6.45) is 0. The van der Waals surface area contributed by atoms with E-state index in [1.807, 2.05) is 0 Å². The molecule has 0 saturated carbocycles. The van der Waals surface area contributed by atoms with E-state index in [-0.39, 0.29) is 15.7 Å². The number of benzene rings is 1. The Morgan fingerprint density at radius 1 is 1.20 bits per heavy atom. The first-order valence-corrected chi connectivity index (χ1v) is 8.38. The molecule has 0 fully saturated rings. The summed E-state index contributed by atoms with van der Waals surface area (Å²) in [6, 6.07) is 9.22. The number of pyridine rings is 1. The van der Waals surface area contributed by atoms with E-state index < -0.39 is 10.0 Å². The number of sulfonamides is 1. The van der Waals surface area contributed by atoms with Crippen molar-refractivity contribution in [1.29, 1.82) is 0 Å². The molecule has 2 rings (SSSR count). The van der Waals surface area contributed by atoms with Gasteiger partial charge in [-0.2, -0.15) is 0 Å². The largest absolute Gasteiger partial charge is 0.266 e. The minimum atomic E-state index is -3.80. The van der Waals surface area contributed by atoms with E-state index in [2.05, 4.69) is 20.9 Å². The molecule has 0 unspecified atom stereocenters. The molecule has 8 heteroatoms. The first-order valence-electron chi connectivity index (χ1n) is 5.39. The Labute approximate surface area is 135 Å². The van der Waals surface area contributed by atoms with Crippen LogP contribution in [0.1, 0.15) is 0 Å². The van der Waals surface area contributed by atoms with Gasteiger partial charge in [0.25, 0.3) is 10.0 Å². The zero-order valence-electron chi connectivity index (χ0n) is 10.2. The highest BCUT2D eigenvalue weighted by Gasteiger charge is 2.25. The topological polar surface area (TPSA) is 50.3 Å². The highest BCUT2D eigenvalue weighted by atomic mass is 79.9. The Balaban J connectivity index is 2.49. The Kier molecular flexibility index (Phi) is 4.59. The van der Waals surface area contributed by atoms with Gasteiger partial charge in [0.15, 0.2) is 0 Å². The van der Waals surface area contributed by atoms with Crippen LogP contribution in [0.2, 0.25) is 10.0 Å². The minimum absolute atomic E-state index is 0.0205. The third-order valence-electron chi connectivity index (χ3n) is 2.56. The molecule has 1 heterocycles. The number of nitrogens with zero attached hydrogens (tertiary/aromatic N) is 2. The lowest BCUT2D eigenvalue weighted by atomic mass is 10.4. The average Bonchev–Trinajstić information content (AvgIpc) is 2.37. The quantitative estimate of drug-likeness (QED) is 0.738. The molecule has 0 N–H and O–H groups in total. The smallest absolute Gasteiger partial charge is 0.253 e. The van der Waals surface area contributed by atoms with Gasteiger partial charge in [-0.1, -0.05) is 29.3 Å². The van der Waals surface area contributed by atoms with Crippen molar-refractivity contribution in [2.45, 2.75) is 4.90 Å². The number of hydrogen-bond acceptors (Lipinski definition) is 3. The molecule has 0 spiro atoms. The third-order valence-corrected chi connectivity index (χ3v) is 5.48. The fourth-order valence-corrected chi connectivity index (χ4v) is 3.75. The van der Waals surface area contributed by atoms with Crippen LogP contribution in [0.3, 0.4) is 0 Å². The Bertz CT molecular complexity index is 753. The highest BCUT2D eigenvalue weighted by Crippen LogP contribution is 2.29. The van der Waals surface area contributed by atoms with Crippen LogP contribution in [0.25, 0.3) is 0 Å². The molecule has 0 aliphatic carbocycles. The van der Waals surface area contributed by atoms with Crippen molar-refractivity contribution in [2.24, 2.45) is 0 Å². The first kappa shape index (κ1) is 15.6. The average molecular weight is 396 g/mol. The summed E-state index contributed by atoms with van der Waals surface area (Å²) in [4.78, 5) is 4.09. The van der Waals surface area contributed by atoms with E-state index >= 15 is 0 Å². The molecule has 0 saturated heterocycles. The van der Waals surface area contributed by atoms with Crippen LogP contribution in [-0.2, 0) is 10.0 Å². The summed E-state index contributed by atoms with van der Waals surface area (Å²) < 4.78 is 26.6. The fourth-order valence-electron chi connectivity index (χ4n) is 1.53. The summed E-state index contributed by atoms with van der Waals surface area (Å²) in [5.41, 5.74) is 0. The normalized spacial score (nSPS) is 11.4. The van der Waals surface area contributed by atoms with Crippen LogP contribution in [0.15, 0.2) is 45.9 Å². The standard InChI is InChI=1S/C12H9BrCl2N2O2S/c1-17(12-4-2-3-11(13)16-12)20(18,19)10-6-5-8(14)7-9(10)15/h2-7H,1H3. The van der Waals surface area contributed by atoms with E-state index in [0.29, 0.717) is 9.63 Å². The second-order valence-electron chi connectivity index (χ2n) is 3.87. The molecular weight excluding hydrogens is 387 g/mol. The number of anilines is 1. The van der Waals surface area contributed by atoms with Gasteiger partial charge in [-0.25, -0.2) is 13.4 Å². The van der Waals surface area contributed by atoms with Crippen LogP contribution in [0.4, 0.5) is 5.82 Å². The number of rotatable bonds is 3. The molecule has 0 aliphatic rings. The molecular formula is C12H9BrCl2N2O2S. The predicted octanol–water partition coefficient (Wildman–Crippen LogP) is 3.98. The van der Waals surface area contributed by atoms with Gasteiger partial charge in [-0.3, -0.25) is 4.31 Å². The Morgan fingerprint density at radius 2 is 1.90 bits per heavy atom. The summed E-state index contributed by atoms with van der Waals surface area (Å²) >= 11 is 14.9. The van der Waals surface area contributed by atoms with Crippen molar-refractivity contribution in [2.75, 3.05) is 11.4 Å². The van der Waals surface area contributed by atoms with Crippen molar-refractivity contribution in [3.63, 3.8) is 0 Å². The number of halogens is 3. The van der Waals surface area contributed by atoms with Crippen molar-refractivity contribution in [3.8, 4) is 0 Å². The van der Waals surface area contributed by atoms with Gasteiger partial charge in [0.05, 0.1) is 5.02 Å². The zero-order chi connectivity index (χ0) is 14.9. The summed E-state index contributed by atoms with van der Waals surface area (Å²) in [7, 11) is -2.39. The highest BCUT2D eigenvalue weighted by molar-refractivity contribution is 9.10. The van der Waals surface area contributed by atoms with Crippen LogP contribution in [0, 0.1) is 0 Å². The number of aromatic nitrogens is 1. The zero-order valence-corrected chi connectivity index (χ0v) is 14.1. The van der Waals surface area contributed by atoms with Crippen LogP contribution >= 0.6 is 39.1 Å². The van der Waals surface area contributed by atoms with Crippen molar-refractivity contribution in [3.05, 3.63) is 51.0 Å². The van der Waals surface area contributed by atoms with E-state index in [0.717, 1.165) is 4.31 Å². The van der Waals surface area contributed by atoms with E-state index in [4.69, 9.17) is 23.2 Å². The molecule has 20 heavy (non-hydrogen) atoms. The Hall–Kier alpha value is -0.820. The van der Waals surface area contributed by atoms with Gasteiger partial charge in [0.1, 0.15) is 15.3 Å². The molecule has 1 aromatic heterocycles. The number of hydrogen-bond donors (Lipinski definition) is 0. The maximum absolute atomic E-state index is 12.5. The lowest BCUT2D eigenvalue weighted by Crippen LogP contribution is -2.27. The maximum atomic E-state index is 12.5. The van der Waals surface area contributed by atoms with Crippen molar-refractivity contribution in [1.82, 2.24) is 4.98 Å². The van der Waals surface area contributed by atoms with Crippen molar-refractivity contribution >= 4 is 55.0 Å². The third kappa shape index (κ3) is 3.09. The summed E-state index contributed by atoms with van der Waals surface area (Å²) in [5.74, 6) is 0.283. The molecule has 0 atom stereocenters. The molecule has 0 bridgehead atoms. The second-order valence-corrected chi connectivity index (χ2v) is 7.46. The van der Waals surface area contributed by atoms with E-state index in [1.54, 1.807) is 18.2 Å². The molecule has 0 aliphatic heterocycles. The van der Waals surface area contributed by atoms with Crippen LogP contribution < -0.4 is 4.31 Å². The van der Waals surface area contributed by atoms with Gasteiger partial charge < -0.3 is 0 Å². The van der Waals surface area contributed by atoms with E-state index in [9.17, 15) is 8.42 Å². The summed E-state index contributed by atoms with van der Waals surface area (Å²) in [6.45, 7) is 0. The molecule has 2 aromatic rings. The van der Waals surface area contributed by atoms with Gasteiger partial charge in [-0.05, 0) is 46.3 Å². The van der Waals surface area contributed by atoms with Crippen LogP contribution in [0.5, 0.6) is 0 Å². The molecule has 4 nitrogen and oxygen atoms in total. The van der Waals surface area contributed by atoms with Gasteiger partial charge in [0.2, 0.25) is 0 Å². The SMILES string of the molecule is CN(c1cccc(Br)n1)S(=O)(=O)c1ccc(Cl)cc1Cl. The summed E-state index contributed by atoms with van der Waals surface area (Å²) in [5, 5.41) is 0.441. The first-order chi connectivity index (χ1) is 9.32. The van der Waals surface area contributed by atoms with E-state index in [1.165, 1.54) is 25.2 Å². The van der Waals surface area contributed by atoms with Gasteiger partial charge in [0, 0.05) is 12.1 Å². The maximum Gasteiger partial charge on any atom is 0.266 e. The molecule has 0 amide bonds. The van der Waals surface area contributed by atoms with Gasteiger partial charge >= 0.3 is 0 Å². The Morgan fingerprint density at radius 3 is 2.50 bits per heavy atom. The fraction of sp³-hybridized carbons (Fsp3) is 0.0833. The lowest BCUT2D eigenvalue weighted by molar-refractivity contribution is 0.594. The predicted molar refractivity (Wildman–Crippen MR) is 84.0 cm³/mol. The second kappa shape index (κ2) is 5.89. The molecule has 1 aromatic carbocycles. The van der Waals surface area contributed by atoms with Crippen molar-refractivity contribution < 1.29 is 8.42 Å². The van der Waals surface area contributed by atoms with Gasteiger partial charge in [-0.15, -0.1) is 0 Å². The minimum Gasteiger partial charge on any atom is -0.253 e. The molecule has 106 valence electrons. The molecule has 0 radical (unpaired) electrons.